The molecule has 1 N–H and O–H groups in total. The zero-order valence-electron chi connectivity index (χ0n) is 9.57. The molecule has 1 aliphatic rings. The highest BCUT2D eigenvalue weighted by Crippen LogP contribution is 2.34. The van der Waals surface area contributed by atoms with Crippen molar-refractivity contribution in [1.82, 2.24) is 0 Å². The summed E-state index contributed by atoms with van der Waals surface area (Å²) < 4.78 is 1.40. The number of fused-ring (bicyclic) bond motifs is 1. The first-order chi connectivity index (χ1) is 7.84. The first kappa shape index (κ1) is 10.2. The highest BCUT2D eigenvalue weighted by Gasteiger charge is 2.23. The molecule has 0 radical (unpaired) electrons. The zero-order chi connectivity index (χ0) is 11.0. The maximum Gasteiger partial charge on any atom is 0.0574 e. The third kappa shape index (κ3) is 1.71. The predicted octanol–water partition coefficient (Wildman–Crippen LogP) is 4.50. The van der Waals surface area contributed by atoms with Gasteiger partial charge in [-0.3, -0.25) is 0 Å². The maximum absolute atomic E-state index is 3.68. The molecule has 0 saturated heterocycles. The van der Waals surface area contributed by atoms with Crippen LogP contribution in [0.2, 0.25) is 0 Å². The van der Waals surface area contributed by atoms with Gasteiger partial charge in [0.1, 0.15) is 0 Å². The second-order valence-corrected chi connectivity index (χ2v) is 5.68. The largest absolute Gasteiger partial charge is 0.381 e. The van der Waals surface area contributed by atoms with E-state index >= 15 is 0 Å². The van der Waals surface area contributed by atoms with Crippen molar-refractivity contribution in [1.29, 1.82) is 0 Å². The highest BCUT2D eigenvalue weighted by atomic mass is 32.1. The molecule has 1 unspecified atom stereocenters. The van der Waals surface area contributed by atoms with Crippen molar-refractivity contribution < 1.29 is 0 Å². The molecular formula is C14H17NS. The lowest BCUT2D eigenvalue weighted by Gasteiger charge is -2.32. The van der Waals surface area contributed by atoms with Gasteiger partial charge in [0.05, 0.1) is 10.4 Å². The van der Waals surface area contributed by atoms with Crippen molar-refractivity contribution in [2.75, 3.05) is 5.32 Å². The molecule has 1 aliphatic carbocycles. The van der Waals surface area contributed by atoms with Crippen molar-refractivity contribution in [3.63, 3.8) is 0 Å². The van der Waals surface area contributed by atoms with Crippen molar-refractivity contribution in [3.8, 4) is 0 Å². The number of benzene rings is 1. The van der Waals surface area contributed by atoms with E-state index in [0.717, 1.165) is 5.92 Å². The van der Waals surface area contributed by atoms with Crippen LogP contribution in [0.3, 0.4) is 0 Å². The lowest BCUT2D eigenvalue weighted by atomic mass is 9.80. The van der Waals surface area contributed by atoms with Crippen LogP contribution in [0.15, 0.2) is 29.6 Å². The van der Waals surface area contributed by atoms with Crippen molar-refractivity contribution in [3.05, 3.63) is 29.6 Å². The van der Waals surface area contributed by atoms with E-state index in [0.29, 0.717) is 6.04 Å². The van der Waals surface area contributed by atoms with Crippen LogP contribution in [0.5, 0.6) is 0 Å². The van der Waals surface area contributed by atoms with Gasteiger partial charge in [0, 0.05) is 6.04 Å². The Morgan fingerprint density at radius 3 is 2.94 bits per heavy atom. The summed E-state index contributed by atoms with van der Waals surface area (Å²) in [4.78, 5) is 0. The van der Waals surface area contributed by atoms with Crippen molar-refractivity contribution in [2.45, 2.75) is 32.2 Å². The van der Waals surface area contributed by atoms with E-state index in [2.05, 4.69) is 41.9 Å². The molecule has 1 saturated carbocycles. The zero-order valence-corrected chi connectivity index (χ0v) is 10.4. The monoisotopic (exact) mass is 231 g/mol. The quantitative estimate of drug-likeness (QED) is 0.820. The molecule has 1 aromatic carbocycles. The number of anilines is 1. The summed E-state index contributed by atoms with van der Waals surface area (Å²) in [6.07, 6.45) is 4.21. The number of hydrogen-bond donors (Lipinski definition) is 1. The van der Waals surface area contributed by atoms with Crippen LogP contribution in [0.4, 0.5) is 5.69 Å². The van der Waals surface area contributed by atoms with Crippen molar-refractivity contribution in [2.24, 2.45) is 5.92 Å². The molecule has 16 heavy (non-hydrogen) atoms. The molecular weight excluding hydrogens is 214 g/mol. The van der Waals surface area contributed by atoms with E-state index in [1.165, 1.54) is 35.0 Å². The summed E-state index contributed by atoms with van der Waals surface area (Å²) in [5.74, 6) is 0.884. The first-order valence-corrected chi connectivity index (χ1v) is 6.95. The Hall–Kier alpha value is -1.02. The number of nitrogens with one attached hydrogen (secondary N) is 1. The molecule has 1 atom stereocenters. The van der Waals surface area contributed by atoms with E-state index in [1.54, 1.807) is 0 Å². The Kier molecular flexibility index (Phi) is 2.60. The summed E-state index contributed by atoms with van der Waals surface area (Å²) in [7, 11) is 0. The SMILES string of the molecule is CC(Nc1cccc2ccsc12)C1CCC1. The molecule has 1 fully saturated rings. The lowest BCUT2D eigenvalue weighted by molar-refractivity contribution is 0.285. The molecule has 0 aliphatic heterocycles. The Labute approximate surface area is 100 Å². The summed E-state index contributed by atoms with van der Waals surface area (Å²) in [5, 5.41) is 7.21. The van der Waals surface area contributed by atoms with Gasteiger partial charge >= 0.3 is 0 Å². The van der Waals surface area contributed by atoms with Crippen LogP contribution in [0.1, 0.15) is 26.2 Å². The highest BCUT2D eigenvalue weighted by molar-refractivity contribution is 7.17. The van der Waals surface area contributed by atoms with Crippen LogP contribution in [0.25, 0.3) is 10.1 Å². The van der Waals surface area contributed by atoms with Crippen LogP contribution >= 0.6 is 11.3 Å². The van der Waals surface area contributed by atoms with Crippen LogP contribution in [-0.4, -0.2) is 6.04 Å². The number of thiophene rings is 1. The second kappa shape index (κ2) is 4.10. The van der Waals surface area contributed by atoms with Crippen LogP contribution in [0, 0.1) is 5.92 Å². The average molecular weight is 231 g/mol. The average Bonchev–Trinajstić information content (AvgIpc) is 2.63. The van der Waals surface area contributed by atoms with E-state index in [9.17, 15) is 0 Å². The van der Waals surface area contributed by atoms with Gasteiger partial charge in [-0.25, -0.2) is 0 Å². The molecule has 2 heteroatoms. The van der Waals surface area contributed by atoms with Gasteiger partial charge in [-0.1, -0.05) is 18.6 Å². The molecule has 0 amide bonds. The predicted molar refractivity (Wildman–Crippen MR) is 72.3 cm³/mol. The first-order valence-electron chi connectivity index (χ1n) is 6.07. The molecule has 0 spiro atoms. The van der Waals surface area contributed by atoms with E-state index < -0.39 is 0 Å². The number of hydrogen-bond acceptors (Lipinski definition) is 2. The van der Waals surface area contributed by atoms with Gasteiger partial charge in [0.15, 0.2) is 0 Å². The van der Waals surface area contributed by atoms with E-state index in [-0.39, 0.29) is 0 Å². The summed E-state index contributed by atoms with van der Waals surface area (Å²) in [6.45, 7) is 2.32. The fourth-order valence-electron chi connectivity index (χ4n) is 2.41. The molecule has 2 aromatic rings. The number of rotatable bonds is 3. The second-order valence-electron chi connectivity index (χ2n) is 4.77. The fraction of sp³-hybridized carbons (Fsp3) is 0.429. The minimum atomic E-state index is 0.612. The van der Waals surface area contributed by atoms with E-state index in [1.807, 2.05) is 11.3 Å². The third-order valence-electron chi connectivity index (χ3n) is 3.72. The lowest BCUT2D eigenvalue weighted by Crippen LogP contribution is -2.30. The topological polar surface area (TPSA) is 12.0 Å². The van der Waals surface area contributed by atoms with Gasteiger partial charge in [0.2, 0.25) is 0 Å². The van der Waals surface area contributed by atoms with Gasteiger partial charge in [-0.2, -0.15) is 0 Å². The minimum Gasteiger partial charge on any atom is -0.381 e. The maximum atomic E-state index is 3.68. The Morgan fingerprint density at radius 2 is 2.19 bits per heavy atom. The normalized spacial score (nSPS) is 18.3. The van der Waals surface area contributed by atoms with Crippen LogP contribution in [-0.2, 0) is 0 Å². The van der Waals surface area contributed by atoms with E-state index in [4.69, 9.17) is 0 Å². The summed E-state index contributed by atoms with van der Waals surface area (Å²) in [6, 6.07) is 9.34. The standard InChI is InChI=1S/C14H17NS/c1-10(11-4-2-5-11)15-13-7-3-6-12-8-9-16-14(12)13/h3,6-11,15H,2,4-5H2,1H3. The summed E-state index contributed by atoms with van der Waals surface area (Å²) in [5.41, 5.74) is 1.31. The summed E-state index contributed by atoms with van der Waals surface area (Å²) >= 11 is 1.83. The Balaban J connectivity index is 1.85. The van der Waals surface area contributed by atoms with Crippen LogP contribution < -0.4 is 5.32 Å². The smallest absolute Gasteiger partial charge is 0.0574 e. The molecule has 1 heterocycles. The fourth-order valence-corrected chi connectivity index (χ4v) is 3.29. The molecule has 1 nitrogen and oxygen atoms in total. The van der Waals surface area contributed by atoms with Gasteiger partial charge in [0.25, 0.3) is 0 Å². The van der Waals surface area contributed by atoms with Gasteiger partial charge < -0.3 is 5.32 Å². The Morgan fingerprint density at radius 1 is 1.31 bits per heavy atom. The Bertz CT molecular complexity index is 484. The third-order valence-corrected chi connectivity index (χ3v) is 4.68. The molecule has 3 rings (SSSR count). The van der Waals surface area contributed by atoms with Crippen molar-refractivity contribution >= 4 is 27.1 Å². The van der Waals surface area contributed by atoms with Gasteiger partial charge in [-0.15, -0.1) is 11.3 Å². The minimum absolute atomic E-state index is 0.612. The molecule has 1 aromatic heterocycles. The van der Waals surface area contributed by atoms with Gasteiger partial charge in [-0.05, 0) is 48.6 Å². The molecule has 84 valence electrons. The molecule has 0 bridgehead atoms.